The van der Waals surface area contributed by atoms with Gasteiger partial charge < -0.3 is 19.9 Å². The van der Waals surface area contributed by atoms with Gasteiger partial charge in [0.05, 0.1) is 11.4 Å². The van der Waals surface area contributed by atoms with E-state index in [2.05, 4.69) is 10.2 Å². The summed E-state index contributed by atoms with van der Waals surface area (Å²) in [4.78, 5) is 29.4. The molecule has 0 atom stereocenters. The zero-order valence-corrected chi connectivity index (χ0v) is 19.1. The summed E-state index contributed by atoms with van der Waals surface area (Å²) < 4.78 is 5.72. The summed E-state index contributed by atoms with van der Waals surface area (Å²) in [7, 11) is 0. The van der Waals surface area contributed by atoms with Crippen LogP contribution in [0.3, 0.4) is 0 Å². The molecule has 1 aliphatic heterocycles. The van der Waals surface area contributed by atoms with Crippen LogP contribution in [0.5, 0.6) is 5.75 Å². The number of rotatable bonds is 6. The molecule has 0 radical (unpaired) electrons. The molecular formula is C27H29N3O3. The predicted molar refractivity (Wildman–Crippen MR) is 131 cm³/mol. The molecule has 2 amide bonds. The summed E-state index contributed by atoms with van der Waals surface area (Å²) in [6.07, 6.45) is 0. The second-order valence-electron chi connectivity index (χ2n) is 8.27. The Morgan fingerprint density at radius 1 is 0.879 bits per heavy atom. The molecular weight excluding hydrogens is 414 g/mol. The average Bonchev–Trinajstić information content (AvgIpc) is 2.84. The van der Waals surface area contributed by atoms with Crippen LogP contribution in [0.2, 0.25) is 0 Å². The molecule has 1 N–H and O–H groups in total. The number of nitrogens with zero attached hydrogens (tertiary/aromatic N) is 2. The van der Waals surface area contributed by atoms with Crippen LogP contribution in [0.25, 0.3) is 0 Å². The summed E-state index contributed by atoms with van der Waals surface area (Å²) in [6, 6.07) is 23.0. The van der Waals surface area contributed by atoms with E-state index in [1.807, 2.05) is 91.5 Å². The zero-order valence-electron chi connectivity index (χ0n) is 19.1. The number of piperazine rings is 1. The highest BCUT2D eigenvalue weighted by Crippen LogP contribution is 2.27. The maximum absolute atomic E-state index is 12.7. The Morgan fingerprint density at radius 3 is 2.30 bits per heavy atom. The highest BCUT2D eigenvalue weighted by atomic mass is 16.5. The lowest BCUT2D eigenvalue weighted by Gasteiger charge is -2.37. The van der Waals surface area contributed by atoms with Crippen molar-refractivity contribution in [3.05, 3.63) is 89.5 Å². The van der Waals surface area contributed by atoms with Gasteiger partial charge in [-0.25, -0.2) is 0 Å². The first kappa shape index (κ1) is 22.4. The van der Waals surface area contributed by atoms with Crippen molar-refractivity contribution in [1.29, 1.82) is 0 Å². The quantitative estimate of drug-likeness (QED) is 0.618. The molecule has 170 valence electrons. The number of para-hydroxylation sites is 2. The van der Waals surface area contributed by atoms with Crippen molar-refractivity contribution in [3.63, 3.8) is 0 Å². The van der Waals surface area contributed by atoms with Crippen molar-refractivity contribution < 1.29 is 14.3 Å². The zero-order chi connectivity index (χ0) is 23.2. The molecule has 1 aliphatic rings. The van der Waals surface area contributed by atoms with E-state index in [4.69, 9.17) is 4.74 Å². The van der Waals surface area contributed by atoms with Gasteiger partial charge in [0, 0.05) is 31.7 Å². The Morgan fingerprint density at radius 2 is 1.58 bits per heavy atom. The number of aryl methyl sites for hydroxylation is 2. The molecule has 4 rings (SSSR count). The van der Waals surface area contributed by atoms with Gasteiger partial charge in [0.1, 0.15) is 5.75 Å². The number of hydrogen-bond acceptors (Lipinski definition) is 4. The molecule has 0 unspecified atom stereocenters. The number of benzene rings is 3. The minimum atomic E-state index is -0.208. The van der Waals surface area contributed by atoms with E-state index >= 15 is 0 Å². The lowest BCUT2D eigenvalue weighted by Crippen LogP contribution is -2.49. The fraction of sp³-hybridized carbons (Fsp3) is 0.259. The van der Waals surface area contributed by atoms with Gasteiger partial charge in [-0.2, -0.15) is 0 Å². The monoisotopic (exact) mass is 443 g/mol. The first-order valence-electron chi connectivity index (χ1n) is 11.2. The second-order valence-corrected chi connectivity index (χ2v) is 8.27. The summed E-state index contributed by atoms with van der Waals surface area (Å²) in [5, 5.41) is 2.98. The molecule has 0 bridgehead atoms. The third-order valence-electron chi connectivity index (χ3n) is 5.80. The molecule has 0 aromatic heterocycles. The molecule has 1 fully saturated rings. The fourth-order valence-corrected chi connectivity index (χ4v) is 4.06. The minimum Gasteiger partial charge on any atom is -0.483 e. The van der Waals surface area contributed by atoms with Crippen molar-refractivity contribution >= 4 is 23.2 Å². The largest absolute Gasteiger partial charge is 0.483 e. The first-order chi connectivity index (χ1) is 16.0. The highest BCUT2D eigenvalue weighted by molar-refractivity contribution is 5.96. The summed E-state index contributed by atoms with van der Waals surface area (Å²) in [5.74, 6) is 0.559. The van der Waals surface area contributed by atoms with Crippen LogP contribution in [-0.2, 0) is 4.79 Å². The van der Waals surface area contributed by atoms with E-state index in [1.165, 1.54) is 0 Å². The van der Waals surface area contributed by atoms with Crippen LogP contribution in [0, 0.1) is 13.8 Å². The SMILES string of the molecule is Cc1ccc(OCC(=O)Nc2ccccc2N2CCN(C(=O)c3ccccc3)CC2)c(C)c1. The van der Waals surface area contributed by atoms with Crippen molar-refractivity contribution in [1.82, 2.24) is 4.90 Å². The van der Waals surface area contributed by atoms with E-state index in [9.17, 15) is 9.59 Å². The highest BCUT2D eigenvalue weighted by Gasteiger charge is 2.23. The molecule has 3 aromatic carbocycles. The molecule has 0 spiro atoms. The lowest BCUT2D eigenvalue weighted by atomic mass is 10.1. The summed E-state index contributed by atoms with van der Waals surface area (Å²) in [5.41, 5.74) is 4.57. The lowest BCUT2D eigenvalue weighted by molar-refractivity contribution is -0.118. The van der Waals surface area contributed by atoms with Crippen LogP contribution in [0.15, 0.2) is 72.8 Å². The minimum absolute atomic E-state index is 0.0559. The molecule has 0 aliphatic carbocycles. The Bertz CT molecular complexity index is 1120. The van der Waals surface area contributed by atoms with Crippen LogP contribution in [0.1, 0.15) is 21.5 Å². The van der Waals surface area contributed by atoms with Crippen LogP contribution < -0.4 is 15.0 Å². The van der Waals surface area contributed by atoms with E-state index in [0.717, 1.165) is 22.5 Å². The Kier molecular flexibility index (Phi) is 6.93. The first-order valence-corrected chi connectivity index (χ1v) is 11.2. The van der Waals surface area contributed by atoms with Gasteiger partial charge in [0.25, 0.3) is 11.8 Å². The molecule has 1 heterocycles. The second kappa shape index (κ2) is 10.2. The summed E-state index contributed by atoms with van der Waals surface area (Å²) in [6.45, 7) is 6.60. The topological polar surface area (TPSA) is 61.9 Å². The third kappa shape index (κ3) is 5.52. The Labute approximate surface area is 194 Å². The van der Waals surface area contributed by atoms with Crippen LogP contribution >= 0.6 is 0 Å². The van der Waals surface area contributed by atoms with Crippen molar-refractivity contribution in [2.75, 3.05) is 43.0 Å². The summed E-state index contributed by atoms with van der Waals surface area (Å²) >= 11 is 0. The maximum Gasteiger partial charge on any atom is 0.262 e. The van der Waals surface area contributed by atoms with Crippen molar-refractivity contribution in [2.24, 2.45) is 0 Å². The predicted octanol–water partition coefficient (Wildman–Crippen LogP) is 4.28. The Balaban J connectivity index is 1.35. The number of nitrogens with one attached hydrogen (secondary N) is 1. The Hall–Kier alpha value is -3.80. The molecule has 1 saturated heterocycles. The van der Waals surface area contributed by atoms with E-state index in [0.29, 0.717) is 37.5 Å². The molecule has 3 aromatic rings. The number of amides is 2. The number of carbonyl (C=O) groups excluding carboxylic acids is 2. The van der Waals surface area contributed by atoms with Crippen molar-refractivity contribution in [3.8, 4) is 5.75 Å². The van der Waals surface area contributed by atoms with Gasteiger partial charge in [-0.15, -0.1) is 0 Å². The van der Waals surface area contributed by atoms with Crippen molar-refractivity contribution in [2.45, 2.75) is 13.8 Å². The smallest absolute Gasteiger partial charge is 0.262 e. The number of ether oxygens (including phenoxy) is 1. The molecule has 6 nitrogen and oxygen atoms in total. The van der Waals surface area contributed by atoms with Gasteiger partial charge >= 0.3 is 0 Å². The molecule has 6 heteroatoms. The van der Waals surface area contributed by atoms with E-state index in [1.54, 1.807) is 0 Å². The fourth-order valence-electron chi connectivity index (χ4n) is 4.06. The van der Waals surface area contributed by atoms with Crippen LogP contribution in [-0.4, -0.2) is 49.5 Å². The van der Waals surface area contributed by atoms with Crippen LogP contribution in [0.4, 0.5) is 11.4 Å². The van der Waals surface area contributed by atoms with E-state index < -0.39 is 0 Å². The van der Waals surface area contributed by atoms with Gasteiger partial charge in [0.2, 0.25) is 0 Å². The van der Waals surface area contributed by atoms with Gasteiger partial charge in [-0.3, -0.25) is 9.59 Å². The molecule has 33 heavy (non-hydrogen) atoms. The number of hydrogen-bond donors (Lipinski definition) is 1. The molecule has 0 saturated carbocycles. The van der Waals surface area contributed by atoms with E-state index in [-0.39, 0.29) is 18.4 Å². The standard InChI is InChI=1S/C27H29N3O3/c1-20-12-13-25(21(2)18-20)33-19-26(31)28-23-10-6-7-11-24(23)29-14-16-30(17-15-29)27(32)22-8-4-3-5-9-22/h3-13,18H,14-17,19H2,1-2H3,(H,28,31). The van der Waals surface area contributed by atoms with Gasteiger partial charge in [-0.1, -0.05) is 48.0 Å². The average molecular weight is 444 g/mol. The van der Waals surface area contributed by atoms with Gasteiger partial charge in [-0.05, 0) is 49.7 Å². The maximum atomic E-state index is 12.7. The number of carbonyl (C=O) groups is 2. The normalized spacial score (nSPS) is 13.5. The third-order valence-corrected chi connectivity index (χ3v) is 5.80. The number of anilines is 2. The van der Waals surface area contributed by atoms with Gasteiger partial charge in [0.15, 0.2) is 6.61 Å².